The largest absolute Gasteiger partial charge is 0.346 e. The van der Waals surface area contributed by atoms with Gasteiger partial charge >= 0.3 is 0 Å². The number of hydrogen-bond acceptors (Lipinski definition) is 3. The summed E-state index contributed by atoms with van der Waals surface area (Å²) in [6.07, 6.45) is 2.52. The third-order valence-corrected chi connectivity index (χ3v) is 4.48. The van der Waals surface area contributed by atoms with Crippen molar-refractivity contribution in [2.75, 3.05) is 18.9 Å². The number of anilines is 1. The van der Waals surface area contributed by atoms with Gasteiger partial charge in [-0.05, 0) is 18.1 Å². The average molecular weight is 339 g/mol. The summed E-state index contributed by atoms with van der Waals surface area (Å²) in [6, 6.07) is 12.7. The smallest absolute Gasteiger partial charge is 0.250 e. The molecule has 0 radical (unpaired) electrons. The summed E-state index contributed by atoms with van der Waals surface area (Å²) in [5, 5.41) is 2.83. The quantitative estimate of drug-likeness (QED) is 0.922. The minimum Gasteiger partial charge on any atom is -0.346 e. The molecule has 130 valence electrons. The van der Waals surface area contributed by atoms with E-state index in [2.05, 4.69) is 5.32 Å². The van der Waals surface area contributed by atoms with Crippen LogP contribution in [0.3, 0.4) is 0 Å². The fourth-order valence-corrected chi connectivity index (χ4v) is 2.92. The van der Waals surface area contributed by atoms with Gasteiger partial charge in [-0.1, -0.05) is 30.3 Å². The molecule has 2 heterocycles. The van der Waals surface area contributed by atoms with Gasteiger partial charge in [0.05, 0.1) is 12.2 Å². The van der Waals surface area contributed by atoms with Crippen molar-refractivity contribution in [1.82, 2.24) is 9.47 Å². The van der Waals surface area contributed by atoms with Gasteiger partial charge in [-0.15, -0.1) is 0 Å². The molecule has 0 aliphatic carbocycles. The Balaban J connectivity index is 1.71. The van der Waals surface area contributed by atoms with Crippen LogP contribution >= 0.6 is 0 Å². The molecule has 0 spiro atoms. The zero-order valence-corrected chi connectivity index (χ0v) is 14.1. The molecule has 1 aliphatic heterocycles. The Hall–Kier alpha value is -2.89. The van der Waals surface area contributed by atoms with E-state index in [1.165, 1.54) is 6.07 Å². The SMILES string of the molecule is CN1CC[C@H](C(=O)Nc2ccc(=O)n(Cc3ccccc3)c2)CC1=O. The topological polar surface area (TPSA) is 71.4 Å². The van der Waals surface area contributed by atoms with Crippen molar-refractivity contribution in [3.05, 3.63) is 64.6 Å². The lowest BCUT2D eigenvalue weighted by Gasteiger charge is -2.27. The maximum atomic E-state index is 12.4. The monoisotopic (exact) mass is 339 g/mol. The molecule has 1 aromatic heterocycles. The summed E-state index contributed by atoms with van der Waals surface area (Å²) < 4.78 is 1.56. The van der Waals surface area contributed by atoms with Gasteiger partial charge in [0.2, 0.25) is 11.8 Å². The van der Waals surface area contributed by atoms with E-state index in [-0.39, 0.29) is 29.7 Å². The number of benzene rings is 1. The number of hydrogen-bond donors (Lipinski definition) is 1. The van der Waals surface area contributed by atoms with Crippen LogP contribution in [0, 0.1) is 5.92 Å². The molecule has 0 bridgehead atoms. The van der Waals surface area contributed by atoms with Crippen molar-refractivity contribution in [2.24, 2.45) is 5.92 Å². The van der Waals surface area contributed by atoms with E-state index in [9.17, 15) is 14.4 Å². The van der Waals surface area contributed by atoms with Crippen LogP contribution in [0.5, 0.6) is 0 Å². The Morgan fingerprint density at radius 2 is 1.92 bits per heavy atom. The van der Waals surface area contributed by atoms with E-state index < -0.39 is 0 Å². The van der Waals surface area contributed by atoms with Crippen molar-refractivity contribution in [3.63, 3.8) is 0 Å². The van der Waals surface area contributed by atoms with Crippen LogP contribution in [0.4, 0.5) is 5.69 Å². The fourth-order valence-electron chi connectivity index (χ4n) is 2.92. The third-order valence-electron chi connectivity index (χ3n) is 4.48. The highest BCUT2D eigenvalue weighted by Crippen LogP contribution is 2.19. The molecule has 25 heavy (non-hydrogen) atoms. The molecule has 1 atom stereocenters. The molecule has 3 rings (SSSR count). The first-order valence-electron chi connectivity index (χ1n) is 8.32. The van der Waals surface area contributed by atoms with Gasteiger partial charge in [0.15, 0.2) is 0 Å². The molecule has 1 aliphatic rings. The second-order valence-electron chi connectivity index (χ2n) is 6.36. The van der Waals surface area contributed by atoms with Gasteiger partial charge in [-0.25, -0.2) is 0 Å². The lowest BCUT2D eigenvalue weighted by molar-refractivity contribution is -0.137. The molecular weight excluding hydrogens is 318 g/mol. The van der Waals surface area contributed by atoms with Crippen molar-refractivity contribution >= 4 is 17.5 Å². The number of amides is 2. The number of aromatic nitrogens is 1. The van der Waals surface area contributed by atoms with Gasteiger partial charge in [0, 0.05) is 38.2 Å². The Kier molecular flexibility index (Phi) is 4.97. The molecule has 6 heteroatoms. The molecule has 6 nitrogen and oxygen atoms in total. The maximum absolute atomic E-state index is 12.4. The predicted molar refractivity (Wildman–Crippen MR) is 95.2 cm³/mol. The lowest BCUT2D eigenvalue weighted by Crippen LogP contribution is -2.40. The maximum Gasteiger partial charge on any atom is 0.250 e. The first-order valence-corrected chi connectivity index (χ1v) is 8.32. The number of likely N-dealkylation sites (tertiary alicyclic amines) is 1. The molecule has 1 aromatic carbocycles. The Morgan fingerprint density at radius 3 is 2.64 bits per heavy atom. The van der Waals surface area contributed by atoms with Crippen molar-refractivity contribution in [2.45, 2.75) is 19.4 Å². The van der Waals surface area contributed by atoms with Crippen molar-refractivity contribution in [1.29, 1.82) is 0 Å². The van der Waals surface area contributed by atoms with Crippen LogP contribution in [0.25, 0.3) is 0 Å². The van der Waals surface area contributed by atoms with Crippen LogP contribution in [0.1, 0.15) is 18.4 Å². The molecule has 1 N–H and O–H groups in total. The number of pyridine rings is 1. The van der Waals surface area contributed by atoms with Crippen molar-refractivity contribution < 1.29 is 9.59 Å². The van der Waals surface area contributed by atoms with E-state index in [0.29, 0.717) is 25.2 Å². The zero-order chi connectivity index (χ0) is 17.8. The Morgan fingerprint density at radius 1 is 1.16 bits per heavy atom. The first kappa shape index (κ1) is 17.0. The molecule has 1 fully saturated rings. The Bertz CT molecular complexity index is 829. The molecule has 2 amide bonds. The predicted octanol–water partition coefficient (Wildman–Crippen LogP) is 1.70. The number of rotatable bonds is 4. The van der Waals surface area contributed by atoms with E-state index >= 15 is 0 Å². The molecule has 1 saturated heterocycles. The standard InChI is InChI=1S/C19H21N3O3/c1-21-10-9-15(11-18(21)24)19(25)20-16-7-8-17(23)22(13-16)12-14-5-3-2-4-6-14/h2-8,13,15H,9-12H2,1H3,(H,20,25)/t15-/m0/s1. The van der Waals surface area contributed by atoms with Crippen LogP contribution in [0.15, 0.2) is 53.5 Å². The highest BCUT2D eigenvalue weighted by Gasteiger charge is 2.28. The number of nitrogens with zero attached hydrogens (tertiary/aromatic N) is 2. The fraction of sp³-hybridized carbons (Fsp3) is 0.316. The van der Waals surface area contributed by atoms with Crippen LogP contribution in [0.2, 0.25) is 0 Å². The van der Waals surface area contributed by atoms with Gasteiger partial charge in [0.1, 0.15) is 0 Å². The lowest BCUT2D eigenvalue weighted by atomic mass is 9.95. The first-order chi connectivity index (χ1) is 12.0. The number of piperidine rings is 1. The second kappa shape index (κ2) is 7.34. The summed E-state index contributed by atoms with van der Waals surface area (Å²) in [5.41, 5.74) is 1.44. The zero-order valence-electron chi connectivity index (χ0n) is 14.1. The third kappa shape index (κ3) is 4.15. The van der Waals surface area contributed by atoms with E-state index in [0.717, 1.165) is 5.56 Å². The van der Waals surface area contributed by atoms with Crippen molar-refractivity contribution in [3.8, 4) is 0 Å². The van der Waals surface area contributed by atoms with Gasteiger partial charge < -0.3 is 14.8 Å². The van der Waals surface area contributed by atoms with E-state index in [1.54, 1.807) is 28.8 Å². The summed E-state index contributed by atoms with van der Waals surface area (Å²) in [6.45, 7) is 1.03. The summed E-state index contributed by atoms with van der Waals surface area (Å²) in [5.74, 6) is -0.509. The normalized spacial score (nSPS) is 17.4. The highest BCUT2D eigenvalue weighted by atomic mass is 16.2. The molecule has 2 aromatic rings. The van der Waals surface area contributed by atoms with Crippen LogP contribution < -0.4 is 10.9 Å². The Labute approximate surface area is 146 Å². The summed E-state index contributed by atoms with van der Waals surface area (Å²) in [4.78, 5) is 37.9. The summed E-state index contributed by atoms with van der Waals surface area (Å²) in [7, 11) is 1.75. The average Bonchev–Trinajstić information content (AvgIpc) is 2.61. The number of nitrogens with one attached hydrogen (secondary N) is 1. The van der Waals surface area contributed by atoms with Gasteiger partial charge in [-0.3, -0.25) is 14.4 Å². The minimum atomic E-state index is -0.321. The second-order valence-corrected chi connectivity index (χ2v) is 6.36. The van der Waals surface area contributed by atoms with Gasteiger partial charge in [0.25, 0.3) is 5.56 Å². The number of carbonyl (C=O) groups is 2. The van der Waals surface area contributed by atoms with E-state index in [1.807, 2.05) is 30.3 Å². The number of carbonyl (C=O) groups excluding carboxylic acids is 2. The molecule has 0 unspecified atom stereocenters. The highest BCUT2D eigenvalue weighted by molar-refractivity contribution is 5.95. The minimum absolute atomic E-state index is 0.0135. The van der Waals surface area contributed by atoms with E-state index in [4.69, 9.17) is 0 Å². The van der Waals surface area contributed by atoms with Crippen LogP contribution in [-0.4, -0.2) is 34.9 Å². The van der Waals surface area contributed by atoms with Crippen LogP contribution in [-0.2, 0) is 16.1 Å². The summed E-state index contributed by atoms with van der Waals surface area (Å²) >= 11 is 0. The molecule has 0 saturated carbocycles. The van der Waals surface area contributed by atoms with Gasteiger partial charge in [-0.2, -0.15) is 0 Å². The molecular formula is C19H21N3O3.